The summed E-state index contributed by atoms with van der Waals surface area (Å²) in [6.07, 6.45) is 0.889. The molecule has 444 valence electrons. The average Bonchev–Trinajstić information content (AvgIpc) is 3.58. The van der Waals surface area contributed by atoms with Gasteiger partial charge in [0.05, 0.1) is 65.6 Å². The highest BCUT2D eigenvalue weighted by Crippen LogP contribution is 2.38. The van der Waals surface area contributed by atoms with Crippen molar-refractivity contribution in [2.24, 2.45) is 11.3 Å². The van der Waals surface area contributed by atoms with Crippen molar-refractivity contribution in [3.63, 3.8) is 0 Å². The van der Waals surface area contributed by atoms with Gasteiger partial charge in [-0.2, -0.15) is 15.2 Å². The molecule has 6 atom stereocenters. The van der Waals surface area contributed by atoms with Crippen LogP contribution in [0.5, 0.6) is 11.8 Å². The van der Waals surface area contributed by atoms with Crippen LogP contribution in [0.4, 0.5) is 16.3 Å². The van der Waals surface area contributed by atoms with Gasteiger partial charge in [0.25, 0.3) is 0 Å². The van der Waals surface area contributed by atoms with Crippen LogP contribution in [0.1, 0.15) is 110 Å². The monoisotopic (exact) mass is 1160 g/mol. The highest BCUT2D eigenvalue weighted by Gasteiger charge is 2.45. The molecule has 0 radical (unpaired) electrons. The maximum absolute atomic E-state index is 14.3. The Bertz CT molecular complexity index is 3170. The number of piperazine rings is 1. The number of anilines is 2. The second-order valence-electron chi connectivity index (χ2n) is 24.8. The van der Waals surface area contributed by atoms with Crippen molar-refractivity contribution in [3.05, 3.63) is 88.7 Å². The van der Waals surface area contributed by atoms with Gasteiger partial charge < -0.3 is 54.7 Å². The number of β-amino-alcohol motifs (C(OH)–C–C–N with tert-alkyl or cyclic N) is 1. The van der Waals surface area contributed by atoms with Gasteiger partial charge in [0.2, 0.25) is 17.7 Å². The van der Waals surface area contributed by atoms with Gasteiger partial charge in [0.15, 0.2) is 0 Å². The van der Waals surface area contributed by atoms with Crippen LogP contribution in [0.2, 0.25) is 0 Å². The molecule has 4 amide bonds. The van der Waals surface area contributed by atoms with Gasteiger partial charge in [-0.25, -0.2) is 9.78 Å². The smallest absolute Gasteiger partial charge is 0.410 e. The number of nitrogens with one attached hydrogen (secondary N) is 2. The van der Waals surface area contributed by atoms with E-state index in [0.29, 0.717) is 52.3 Å². The first-order valence-electron chi connectivity index (χ1n) is 29.0. The van der Waals surface area contributed by atoms with E-state index in [0.717, 1.165) is 81.2 Å². The topological polar surface area (TPSA) is 239 Å². The number of hydrogen-bond acceptors (Lipinski definition) is 17. The molecular formula is C62H81N11O9S. The molecule has 0 bridgehead atoms. The molecule has 0 aliphatic carbocycles. The summed E-state index contributed by atoms with van der Waals surface area (Å²) in [5, 5.41) is 39.4. The first-order chi connectivity index (χ1) is 39.5. The summed E-state index contributed by atoms with van der Waals surface area (Å²) in [7, 11) is 0. The Balaban J connectivity index is 0.784. The molecule has 4 N–H and O–H groups in total. The van der Waals surface area contributed by atoms with Crippen LogP contribution in [0.15, 0.2) is 66.2 Å². The number of nitriles is 1. The van der Waals surface area contributed by atoms with Crippen LogP contribution < -0.4 is 25.2 Å². The number of piperidine rings is 1. The fourth-order valence-corrected chi connectivity index (χ4v) is 12.6. The molecule has 20 nitrogen and oxygen atoms in total. The minimum Gasteiger partial charge on any atom is -0.508 e. The van der Waals surface area contributed by atoms with Crippen LogP contribution >= 0.6 is 11.3 Å². The molecule has 0 unspecified atom stereocenters. The standard InChI is InChI=1S/C62H81N11O9S/c1-38(81-59-66-50-34-70(51-29-46(74)28-44-12-10-11-13-48(44)51)25-21-49(50)56(68-59)71-26-27-72(45(32-71)18-22-63)60(79)82-62(7,8)9)31-69-23-19-41(20-24-69)35-80-36-53(76)67-55(61(4,5)6)58(78)73-33-47(75)30-52(73)57(77)65-39(2)42-14-16-43(17-15-42)54-40(3)64-37-83-54/h10-17,28-29,37-39,41,45,47,52,55,74-75H,18-21,23-27,30-36H2,1-9H3,(H,65,77)(H,67,76)/t38-,39+,45+,47-,52+,55-/m1/s1. The van der Waals surface area contributed by atoms with Gasteiger partial charge in [-0.05, 0) is 108 Å². The quantitative estimate of drug-likeness (QED) is 0.0703. The van der Waals surface area contributed by atoms with E-state index < -0.39 is 53.2 Å². The number of nitrogens with zero attached hydrogens (tertiary/aromatic N) is 9. The fourth-order valence-electron chi connectivity index (χ4n) is 11.8. The zero-order valence-corrected chi connectivity index (χ0v) is 50.2. The number of ether oxygens (including phenoxy) is 3. The largest absolute Gasteiger partial charge is 0.508 e. The number of hydrogen-bond donors (Lipinski definition) is 4. The number of amides is 4. The van der Waals surface area contributed by atoms with E-state index in [9.17, 15) is 34.7 Å². The molecule has 0 spiro atoms. The molecule has 9 rings (SSSR count). The van der Waals surface area contributed by atoms with Gasteiger partial charge in [-0.1, -0.05) is 69.3 Å². The van der Waals surface area contributed by atoms with Gasteiger partial charge in [-0.15, -0.1) is 11.3 Å². The van der Waals surface area contributed by atoms with E-state index in [-0.39, 0.29) is 61.7 Å². The molecule has 3 fully saturated rings. The Morgan fingerprint density at radius 3 is 2.35 bits per heavy atom. The third-order valence-electron chi connectivity index (χ3n) is 16.1. The highest BCUT2D eigenvalue weighted by atomic mass is 32.1. The van der Waals surface area contributed by atoms with E-state index in [1.165, 1.54) is 4.90 Å². The highest BCUT2D eigenvalue weighted by molar-refractivity contribution is 7.13. The summed E-state index contributed by atoms with van der Waals surface area (Å²) in [5.74, 6) is -0.125. The number of likely N-dealkylation sites (tertiary alicyclic amines) is 2. The predicted molar refractivity (Wildman–Crippen MR) is 318 cm³/mol. The minimum absolute atomic E-state index is 0.0259. The second-order valence-corrected chi connectivity index (χ2v) is 25.7. The Kier molecular flexibility index (Phi) is 18.8. The number of carbonyl (C=O) groups is 4. The summed E-state index contributed by atoms with van der Waals surface area (Å²) in [6, 6.07) is 19.4. The minimum atomic E-state index is -0.978. The van der Waals surface area contributed by atoms with Crippen molar-refractivity contribution in [1.82, 2.24) is 40.3 Å². The molecule has 21 heteroatoms. The Morgan fingerprint density at radius 1 is 0.904 bits per heavy atom. The lowest BCUT2D eigenvalue weighted by molar-refractivity contribution is -0.144. The van der Waals surface area contributed by atoms with E-state index in [1.807, 2.05) is 110 Å². The Morgan fingerprint density at radius 2 is 1.65 bits per heavy atom. The SMILES string of the molecule is Cc1ncsc1-c1ccc([C@H](C)NC(=O)[C@@H]2C[C@@H](O)CN2C(=O)[C@@H](NC(=O)COCC2CCN(C[C@@H](C)Oc3nc4c(c(N5CCN(C(=O)OC(C)(C)C)[C@@H](CC#N)C5)n3)CCN(c3cc(O)cc5ccccc35)C4)CC2)C(C)(C)C)cc1. The molecular weight excluding hydrogens is 1070 g/mol. The fraction of sp³-hybridized carbons (Fsp3) is 0.548. The van der Waals surface area contributed by atoms with E-state index >= 15 is 0 Å². The molecule has 2 aromatic heterocycles. The van der Waals surface area contributed by atoms with Gasteiger partial charge in [0.1, 0.15) is 42.0 Å². The average molecular weight is 1160 g/mol. The van der Waals surface area contributed by atoms with Crippen molar-refractivity contribution in [2.75, 3.05) is 75.4 Å². The molecule has 6 heterocycles. The molecule has 3 aromatic carbocycles. The number of fused-ring (bicyclic) bond motifs is 2. The first-order valence-corrected chi connectivity index (χ1v) is 29.9. The second kappa shape index (κ2) is 25.8. The van der Waals surface area contributed by atoms with Gasteiger partial charge >= 0.3 is 12.1 Å². The number of aliphatic hydroxyl groups excluding tert-OH is 1. The van der Waals surface area contributed by atoms with Crippen LogP contribution in [-0.4, -0.2) is 165 Å². The number of aryl methyl sites for hydroxylation is 1. The summed E-state index contributed by atoms with van der Waals surface area (Å²) in [6.45, 7) is 21.5. The number of aromatic hydroxyl groups is 1. The number of aromatic nitrogens is 3. The van der Waals surface area contributed by atoms with Crippen LogP contribution in [-0.2, 0) is 36.8 Å². The number of phenolic OH excluding ortho intramolecular Hbond substituents is 1. The third-order valence-corrected chi connectivity index (χ3v) is 17.1. The predicted octanol–water partition coefficient (Wildman–Crippen LogP) is 7.54. The number of rotatable bonds is 17. The molecule has 0 saturated carbocycles. The van der Waals surface area contributed by atoms with E-state index in [4.69, 9.17) is 24.2 Å². The Hall–Kier alpha value is -7.12. The van der Waals surface area contributed by atoms with Crippen molar-refractivity contribution < 1.29 is 43.6 Å². The number of thiazole rings is 1. The van der Waals surface area contributed by atoms with Crippen LogP contribution in [0.3, 0.4) is 0 Å². The van der Waals surface area contributed by atoms with E-state index in [2.05, 4.69) is 42.5 Å². The first kappa shape index (κ1) is 60.5. The number of carbonyl (C=O) groups excluding carboxylic acids is 4. The van der Waals surface area contributed by atoms with Crippen molar-refractivity contribution in [3.8, 4) is 28.3 Å². The third kappa shape index (κ3) is 14.8. The van der Waals surface area contributed by atoms with Gasteiger partial charge in [-0.3, -0.25) is 19.3 Å². The van der Waals surface area contributed by atoms with Crippen LogP contribution in [0, 0.1) is 29.6 Å². The molecule has 4 aliphatic rings. The maximum atomic E-state index is 14.3. The lowest BCUT2D eigenvalue weighted by Crippen LogP contribution is -2.58. The van der Waals surface area contributed by atoms with Crippen LogP contribution in [0.25, 0.3) is 21.2 Å². The lowest BCUT2D eigenvalue weighted by atomic mass is 9.85. The normalized spacial score (nSPS) is 20.1. The molecule has 5 aromatic rings. The summed E-state index contributed by atoms with van der Waals surface area (Å²) >= 11 is 1.57. The molecule has 83 heavy (non-hydrogen) atoms. The molecule has 4 aliphatic heterocycles. The van der Waals surface area contributed by atoms with Gasteiger partial charge in [0, 0.05) is 68.4 Å². The number of aliphatic hydroxyl groups is 1. The van der Waals surface area contributed by atoms with Crippen molar-refractivity contribution >= 4 is 57.4 Å². The zero-order valence-electron chi connectivity index (χ0n) is 49.4. The molecule has 3 saturated heterocycles. The lowest BCUT2D eigenvalue weighted by Gasteiger charge is -2.42. The summed E-state index contributed by atoms with van der Waals surface area (Å²) < 4.78 is 18.4. The Labute approximate surface area is 491 Å². The zero-order chi connectivity index (χ0) is 59.3. The number of benzene rings is 3. The summed E-state index contributed by atoms with van der Waals surface area (Å²) in [4.78, 5) is 80.4. The van der Waals surface area contributed by atoms with Crippen molar-refractivity contribution in [2.45, 2.75) is 143 Å². The summed E-state index contributed by atoms with van der Waals surface area (Å²) in [5.41, 5.74) is 6.01. The van der Waals surface area contributed by atoms with E-state index in [1.54, 1.807) is 28.4 Å². The number of phenols is 1. The maximum Gasteiger partial charge on any atom is 0.410 e. The van der Waals surface area contributed by atoms with Crippen molar-refractivity contribution in [1.29, 1.82) is 5.26 Å².